The second kappa shape index (κ2) is 8.27. The first kappa shape index (κ1) is 17.6. The average molecular weight is 373 g/mol. The van der Waals surface area contributed by atoms with Gasteiger partial charge in [-0.1, -0.05) is 18.2 Å². The molecule has 130 valence electrons. The number of carbonyl (C=O) groups is 1. The van der Waals surface area contributed by atoms with E-state index in [1.54, 1.807) is 22.7 Å². The van der Waals surface area contributed by atoms with Gasteiger partial charge in [0, 0.05) is 4.88 Å². The molecule has 0 saturated carbocycles. The molecule has 3 aromatic rings. The van der Waals surface area contributed by atoms with Crippen molar-refractivity contribution in [2.24, 2.45) is 0 Å². The van der Waals surface area contributed by atoms with Gasteiger partial charge in [0.2, 0.25) is 5.91 Å². The maximum atomic E-state index is 12.2. The first-order valence-electron chi connectivity index (χ1n) is 8.14. The quantitative estimate of drug-likeness (QED) is 0.667. The van der Waals surface area contributed by atoms with Gasteiger partial charge >= 0.3 is 0 Å². The van der Waals surface area contributed by atoms with Crippen LogP contribution in [0.25, 0.3) is 9.88 Å². The summed E-state index contributed by atoms with van der Waals surface area (Å²) in [6.07, 6.45) is 0.363. The van der Waals surface area contributed by atoms with Crippen molar-refractivity contribution in [3.63, 3.8) is 0 Å². The molecule has 0 bridgehead atoms. The van der Waals surface area contributed by atoms with Crippen LogP contribution in [0.15, 0.2) is 41.8 Å². The molecule has 3 rings (SSSR count). The van der Waals surface area contributed by atoms with Crippen molar-refractivity contribution < 1.29 is 9.53 Å². The van der Waals surface area contributed by atoms with Crippen LogP contribution in [0.5, 0.6) is 5.75 Å². The number of amides is 1. The number of aryl methyl sites for hydroxylation is 1. The number of rotatable bonds is 7. The zero-order chi connectivity index (χ0) is 17.6. The number of nitrogens with one attached hydrogen (secondary N) is 1. The number of carbonyl (C=O) groups excluding carboxylic acids is 1. The van der Waals surface area contributed by atoms with Gasteiger partial charge in [-0.3, -0.25) is 4.79 Å². The maximum absolute atomic E-state index is 12.2. The van der Waals surface area contributed by atoms with E-state index in [1.807, 2.05) is 49.6 Å². The summed E-state index contributed by atoms with van der Waals surface area (Å²) in [7, 11) is 0. The predicted octanol–water partition coefficient (Wildman–Crippen LogP) is 4.44. The lowest BCUT2D eigenvalue weighted by molar-refractivity contribution is -0.120. The lowest BCUT2D eigenvalue weighted by atomic mass is 10.1. The first-order chi connectivity index (χ1) is 12.2. The standard InChI is InChI=1S/C19H20N2O2S2/c1-3-23-15-8-6-14(7-9-15)11-18(22)20-12-17-13(2)21-19(25-17)16-5-4-10-24-16/h4-10H,3,11-12H2,1-2H3,(H,20,22). The van der Waals surface area contributed by atoms with Crippen LogP contribution in [-0.4, -0.2) is 17.5 Å². The van der Waals surface area contributed by atoms with Crippen LogP contribution in [0.1, 0.15) is 23.1 Å². The lowest BCUT2D eigenvalue weighted by Crippen LogP contribution is -2.24. The van der Waals surface area contributed by atoms with Crippen LogP contribution in [0, 0.1) is 6.92 Å². The van der Waals surface area contributed by atoms with E-state index in [4.69, 9.17) is 4.74 Å². The summed E-state index contributed by atoms with van der Waals surface area (Å²) in [5.74, 6) is 0.836. The Labute approximate surface area is 155 Å². The molecule has 0 spiro atoms. The van der Waals surface area contributed by atoms with Gasteiger partial charge in [0.1, 0.15) is 10.8 Å². The van der Waals surface area contributed by atoms with E-state index in [0.29, 0.717) is 19.6 Å². The van der Waals surface area contributed by atoms with Gasteiger partial charge < -0.3 is 10.1 Å². The Morgan fingerprint density at radius 3 is 2.72 bits per heavy atom. The van der Waals surface area contributed by atoms with E-state index in [0.717, 1.165) is 26.9 Å². The molecule has 1 amide bonds. The topological polar surface area (TPSA) is 51.2 Å². The fourth-order valence-electron chi connectivity index (χ4n) is 2.39. The van der Waals surface area contributed by atoms with Gasteiger partial charge in [0.25, 0.3) is 0 Å². The molecule has 25 heavy (non-hydrogen) atoms. The molecule has 1 aromatic carbocycles. The highest BCUT2D eigenvalue weighted by molar-refractivity contribution is 7.21. The number of aromatic nitrogens is 1. The molecular weight excluding hydrogens is 352 g/mol. The summed E-state index contributed by atoms with van der Waals surface area (Å²) >= 11 is 3.32. The maximum Gasteiger partial charge on any atom is 0.224 e. The summed E-state index contributed by atoms with van der Waals surface area (Å²) in [6.45, 7) is 5.10. The Hall–Kier alpha value is -2.18. The Morgan fingerprint density at radius 2 is 2.04 bits per heavy atom. The Morgan fingerprint density at radius 1 is 1.24 bits per heavy atom. The number of hydrogen-bond acceptors (Lipinski definition) is 5. The predicted molar refractivity (Wildman–Crippen MR) is 103 cm³/mol. The zero-order valence-electron chi connectivity index (χ0n) is 14.2. The fraction of sp³-hybridized carbons (Fsp3) is 0.263. The van der Waals surface area contributed by atoms with Crippen molar-refractivity contribution >= 4 is 28.6 Å². The summed E-state index contributed by atoms with van der Waals surface area (Å²) in [5.41, 5.74) is 1.95. The third kappa shape index (κ3) is 4.67. The second-order valence-corrected chi connectivity index (χ2v) is 7.57. The number of thiazole rings is 1. The number of ether oxygens (including phenoxy) is 1. The molecule has 1 N–H and O–H groups in total. The van der Waals surface area contributed by atoms with E-state index < -0.39 is 0 Å². The highest BCUT2D eigenvalue weighted by Crippen LogP contribution is 2.30. The van der Waals surface area contributed by atoms with Gasteiger partial charge in [-0.15, -0.1) is 22.7 Å². The van der Waals surface area contributed by atoms with Crippen molar-refractivity contribution in [2.45, 2.75) is 26.8 Å². The fourth-order valence-corrected chi connectivity index (χ4v) is 4.19. The van der Waals surface area contributed by atoms with Crippen LogP contribution >= 0.6 is 22.7 Å². The van der Waals surface area contributed by atoms with E-state index in [-0.39, 0.29) is 5.91 Å². The van der Waals surface area contributed by atoms with Crippen LogP contribution in [0.4, 0.5) is 0 Å². The summed E-state index contributed by atoms with van der Waals surface area (Å²) in [4.78, 5) is 19.1. The van der Waals surface area contributed by atoms with Gasteiger partial charge in [-0.2, -0.15) is 0 Å². The van der Waals surface area contributed by atoms with E-state index in [2.05, 4.69) is 16.4 Å². The molecule has 2 aromatic heterocycles. The summed E-state index contributed by atoms with van der Waals surface area (Å²) < 4.78 is 5.41. The molecule has 0 aliphatic rings. The van der Waals surface area contributed by atoms with E-state index in [9.17, 15) is 4.79 Å². The van der Waals surface area contributed by atoms with Gasteiger partial charge in [-0.25, -0.2) is 4.98 Å². The first-order valence-corrected chi connectivity index (χ1v) is 9.84. The highest BCUT2D eigenvalue weighted by atomic mass is 32.1. The minimum atomic E-state index is 0.00892. The Kier molecular flexibility index (Phi) is 5.83. The minimum Gasteiger partial charge on any atom is -0.494 e. The van der Waals surface area contributed by atoms with Crippen LogP contribution in [0.2, 0.25) is 0 Å². The van der Waals surface area contributed by atoms with Gasteiger partial charge in [0.05, 0.1) is 30.1 Å². The average Bonchev–Trinajstić information content (AvgIpc) is 3.25. The lowest BCUT2D eigenvalue weighted by Gasteiger charge is -2.06. The van der Waals surface area contributed by atoms with Crippen molar-refractivity contribution in [1.29, 1.82) is 0 Å². The molecular formula is C19H20N2O2S2. The molecule has 0 radical (unpaired) electrons. The molecule has 4 nitrogen and oxygen atoms in total. The molecule has 0 unspecified atom stereocenters. The number of nitrogens with zero attached hydrogens (tertiary/aromatic N) is 1. The van der Waals surface area contributed by atoms with Crippen molar-refractivity contribution in [2.75, 3.05) is 6.61 Å². The van der Waals surface area contributed by atoms with Crippen molar-refractivity contribution in [1.82, 2.24) is 10.3 Å². The smallest absolute Gasteiger partial charge is 0.224 e. The highest BCUT2D eigenvalue weighted by Gasteiger charge is 2.11. The third-order valence-corrected chi connectivity index (χ3v) is 5.87. The van der Waals surface area contributed by atoms with Crippen LogP contribution in [0.3, 0.4) is 0 Å². The molecule has 0 aliphatic carbocycles. The zero-order valence-corrected chi connectivity index (χ0v) is 15.9. The molecule has 0 atom stereocenters. The number of thiophene rings is 1. The molecule has 0 fully saturated rings. The normalized spacial score (nSPS) is 10.6. The third-order valence-electron chi connectivity index (χ3n) is 3.67. The van der Waals surface area contributed by atoms with Crippen molar-refractivity contribution in [3.8, 4) is 15.6 Å². The van der Waals surface area contributed by atoms with Gasteiger partial charge in [0.15, 0.2) is 0 Å². The molecule has 0 saturated heterocycles. The van der Waals surface area contributed by atoms with E-state index >= 15 is 0 Å². The van der Waals surface area contributed by atoms with Crippen LogP contribution in [-0.2, 0) is 17.8 Å². The van der Waals surface area contributed by atoms with E-state index in [1.165, 1.54) is 4.88 Å². The number of hydrogen-bond donors (Lipinski definition) is 1. The molecule has 6 heteroatoms. The summed E-state index contributed by atoms with van der Waals surface area (Å²) in [6, 6.07) is 11.7. The summed E-state index contributed by atoms with van der Waals surface area (Å²) in [5, 5.41) is 6.05. The largest absolute Gasteiger partial charge is 0.494 e. The molecule has 2 heterocycles. The Bertz CT molecular complexity index is 824. The Balaban J connectivity index is 1.55. The van der Waals surface area contributed by atoms with Crippen LogP contribution < -0.4 is 10.1 Å². The number of benzene rings is 1. The van der Waals surface area contributed by atoms with Gasteiger partial charge in [-0.05, 0) is 43.0 Å². The monoisotopic (exact) mass is 372 g/mol. The minimum absolute atomic E-state index is 0.00892. The molecule has 0 aliphatic heterocycles. The second-order valence-electron chi connectivity index (χ2n) is 5.54. The SMILES string of the molecule is CCOc1ccc(CC(=O)NCc2sc(-c3cccs3)nc2C)cc1. The van der Waals surface area contributed by atoms with Crippen molar-refractivity contribution in [3.05, 3.63) is 57.9 Å².